The maximum Gasteiger partial charge on any atom is 0.251 e. The Kier molecular flexibility index (Phi) is 5.37. The molecular formula is C22H21FN4O2. The van der Waals surface area contributed by atoms with Crippen LogP contribution in [-0.2, 0) is 9.59 Å². The van der Waals surface area contributed by atoms with E-state index in [9.17, 15) is 14.0 Å². The van der Waals surface area contributed by atoms with Gasteiger partial charge in [0.2, 0.25) is 5.91 Å². The van der Waals surface area contributed by atoms with Crippen molar-refractivity contribution >= 4 is 17.5 Å². The minimum atomic E-state index is -0.721. The molecule has 0 saturated carbocycles. The number of nitrogens with one attached hydrogen (secondary N) is 1. The highest BCUT2D eigenvalue weighted by atomic mass is 19.1. The summed E-state index contributed by atoms with van der Waals surface area (Å²) in [6.45, 7) is 0.542. The van der Waals surface area contributed by atoms with Crippen molar-refractivity contribution in [2.75, 3.05) is 11.9 Å². The minimum absolute atomic E-state index is 0.0256. The van der Waals surface area contributed by atoms with E-state index in [0.29, 0.717) is 24.3 Å². The molecule has 6 nitrogen and oxygen atoms in total. The fraction of sp³-hybridized carbons (Fsp3) is 0.227. The number of para-hydroxylation sites is 1. The molecule has 4 rings (SSSR count). The monoisotopic (exact) mass is 392 g/mol. The van der Waals surface area contributed by atoms with E-state index in [0.717, 1.165) is 18.4 Å². The average Bonchev–Trinajstić information content (AvgIpc) is 3.19. The van der Waals surface area contributed by atoms with Crippen LogP contribution in [-0.4, -0.2) is 33.0 Å². The smallest absolute Gasteiger partial charge is 0.251 e. The van der Waals surface area contributed by atoms with Gasteiger partial charge in [0.1, 0.15) is 17.5 Å². The van der Waals surface area contributed by atoms with Crippen LogP contribution in [0.5, 0.6) is 0 Å². The van der Waals surface area contributed by atoms with Crippen LogP contribution >= 0.6 is 0 Å². The maximum absolute atomic E-state index is 14.0. The number of anilines is 1. The van der Waals surface area contributed by atoms with E-state index in [1.165, 1.54) is 16.9 Å². The highest BCUT2D eigenvalue weighted by Crippen LogP contribution is 2.27. The van der Waals surface area contributed by atoms with Crippen LogP contribution in [0.4, 0.5) is 10.1 Å². The summed E-state index contributed by atoms with van der Waals surface area (Å²) in [6.07, 6.45) is 5.17. The topological polar surface area (TPSA) is 67.2 Å². The molecule has 3 aromatic rings. The second kappa shape index (κ2) is 8.26. The molecular weight excluding hydrogens is 371 g/mol. The number of rotatable bonds is 5. The molecule has 0 radical (unpaired) electrons. The van der Waals surface area contributed by atoms with Gasteiger partial charge < -0.3 is 10.2 Å². The van der Waals surface area contributed by atoms with Crippen molar-refractivity contribution in [2.45, 2.75) is 25.3 Å². The number of nitrogens with zero attached hydrogens (tertiary/aromatic N) is 3. The van der Waals surface area contributed by atoms with Crippen molar-refractivity contribution in [3.05, 3.63) is 78.4 Å². The molecule has 0 aliphatic carbocycles. The quantitative estimate of drug-likeness (QED) is 0.720. The molecule has 1 atom stereocenters. The van der Waals surface area contributed by atoms with Crippen molar-refractivity contribution in [1.29, 1.82) is 0 Å². The Labute approximate surface area is 167 Å². The summed E-state index contributed by atoms with van der Waals surface area (Å²) in [7, 11) is 0. The lowest BCUT2D eigenvalue weighted by Gasteiger charge is -2.34. The summed E-state index contributed by atoms with van der Waals surface area (Å²) in [6, 6.07) is 14.8. The largest absolute Gasteiger partial charge is 0.327 e. The van der Waals surface area contributed by atoms with Gasteiger partial charge in [0.15, 0.2) is 0 Å². The zero-order valence-corrected chi connectivity index (χ0v) is 15.8. The van der Waals surface area contributed by atoms with Gasteiger partial charge in [-0.05, 0) is 30.5 Å². The molecule has 2 aromatic carbocycles. The van der Waals surface area contributed by atoms with Crippen molar-refractivity contribution < 1.29 is 14.0 Å². The first-order valence-corrected chi connectivity index (χ1v) is 9.58. The van der Waals surface area contributed by atoms with Gasteiger partial charge >= 0.3 is 0 Å². The molecule has 1 fully saturated rings. The van der Waals surface area contributed by atoms with Gasteiger partial charge in [-0.3, -0.25) is 9.59 Å². The summed E-state index contributed by atoms with van der Waals surface area (Å²) in [5, 5.41) is 6.97. The Morgan fingerprint density at radius 1 is 1.07 bits per heavy atom. The first kappa shape index (κ1) is 18.9. The summed E-state index contributed by atoms with van der Waals surface area (Å²) < 4.78 is 15.4. The molecule has 148 valence electrons. The number of hydrogen-bond donors (Lipinski definition) is 1. The number of carbonyl (C=O) groups is 2. The molecule has 0 spiro atoms. The van der Waals surface area contributed by atoms with E-state index in [-0.39, 0.29) is 11.8 Å². The lowest BCUT2D eigenvalue weighted by molar-refractivity contribution is -0.141. The van der Waals surface area contributed by atoms with Crippen molar-refractivity contribution in [2.24, 2.45) is 0 Å². The molecule has 1 aromatic heterocycles. The maximum atomic E-state index is 14.0. The zero-order valence-electron chi connectivity index (χ0n) is 15.8. The standard InChI is InChI=1S/C22H21FN4O2/c23-18-10-4-5-11-19(18)27-15-17(14-24-27)25-22(29)21(16-8-2-1-3-9-16)26-13-7-6-12-20(26)28/h1-5,8-11,14-15,21H,6-7,12-13H2,(H,25,29). The molecule has 1 saturated heterocycles. The van der Waals surface area contributed by atoms with Gasteiger partial charge in [-0.1, -0.05) is 42.5 Å². The van der Waals surface area contributed by atoms with Gasteiger partial charge in [-0.2, -0.15) is 5.10 Å². The van der Waals surface area contributed by atoms with Crippen LogP contribution in [0.25, 0.3) is 5.69 Å². The van der Waals surface area contributed by atoms with Crippen molar-refractivity contribution in [3.8, 4) is 5.69 Å². The second-order valence-corrected chi connectivity index (χ2v) is 6.97. The van der Waals surface area contributed by atoms with Crippen LogP contribution in [0.15, 0.2) is 67.0 Å². The van der Waals surface area contributed by atoms with Crippen molar-refractivity contribution in [3.63, 3.8) is 0 Å². The second-order valence-electron chi connectivity index (χ2n) is 6.97. The third-order valence-corrected chi connectivity index (χ3v) is 4.98. The van der Waals surface area contributed by atoms with Crippen LogP contribution in [0, 0.1) is 5.82 Å². The number of carbonyl (C=O) groups excluding carboxylic acids is 2. The normalized spacial score (nSPS) is 15.2. The molecule has 1 aliphatic rings. The van der Waals surface area contributed by atoms with Crippen LogP contribution in [0.2, 0.25) is 0 Å². The lowest BCUT2D eigenvalue weighted by Crippen LogP contribution is -2.43. The predicted octanol–water partition coefficient (Wildman–Crippen LogP) is 3.70. The molecule has 1 unspecified atom stereocenters. The summed E-state index contributed by atoms with van der Waals surface area (Å²) in [4.78, 5) is 27.3. The van der Waals surface area contributed by atoms with Crippen LogP contribution in [0.1, 0.15) is 30.9 Å². The highest BCUT2D eigenvalue weighted by Gasteiger charge is 2.32. The lowest BCUT2D eigenvalue weighted by atomic mass is 10.0. The SMILES string of the molecule is O=C(Nc1cnn(-c2ccccc2F)c1)C(c1ccccc1)N1CCCCC1=O. The predicted molar refractivity (Wildman–Crippen MR) is 107 cm³/mol. The Morgan fingerprint density at radius 2 is 1.83 bits per heavy atom. The number of likely N-dealkylation sites (tertiary alicyclic amines) is 1. The molecule has 1 N–H and O–H groups in total. The number of piperidine rings is 1. The van der Waals surface area contributed by atoms with Gasteiger partial charge in [-0.15, -0.1) is 0 Å². The zero-order chi connectivity index (χ0) is 20.2. The van der Waals surface area contributed by atoms with Crippen molar-refractivity contribution in [1.82, 2.24) is 14.7 Å². The van der Waals surface area contributed by atoms with Crippen LogP contribution < -0.4 is 5.32 Å². The van der Waals surface area contributed by atoms with Crippen LogP contribution in [0.3, 0.4) is 0 Å². The van der Waals surface area contributed by atoms with E-state index < -0.39 is 11.9 Å². The van der Waals surface area contributed by atoms with Gasteiger partial charge in [0, 0.05) is 13.0 Å². The average molecular weight is 392 g/mol. The van der Waals surface area contributed by atoms with E-state index in [4.69, 9.17) is 0 Å². The molecule has 7 heteroatoms. The summed E-state index contributed by atoms with van der Waals surface area (Å²) >= 11 is 0. The van der Waals surface area contributed by atoms with Gasteiger partial charge in [0.05, 0.1) is 18.1 Å². The highest BCUT2D eigenvalue weighted by molar-refractivity contribution is 5.97. The fourth-order valence-electron chi connectivity index (χ4n) is 3.58. The Balaban J connectivity index is 1.59. The number of hydrogen-bond acceptors (Lipinski definition) is 3. The number of aromatic nitrogens is 2. The Morgan fingerprint density at radius 3 is 2.59 bits per heavy atom. The Bertz CT molecular complexity index is 1020. The van der Waals surface area contributed by atoms with E-state index >= 15 is 0 Å². The van der Waals surface area contributed by atoms with E-state index in [1.54, 1.807) is 29.3 Å². The minimum Gasteiger partial charge on any atom is -0.327 e. The first-order chi connectivity index (χ1) is 14.1. The summed E-state index contributed by atoms with van der Waals surface area (Å²) in [5.41, 5.74) is 1.48. The summed E-state index contributed by atoms with van der Waals surface area (Å²) in [5.74, 6) is -0.753. The molecule has 2 amide bonds. The Hall–Kier alpha value is -3.48. The molecule has 29 heavy (non-hydrogen) atoms. The number of benzene rings is 2. The van der Waals surface area contributed by atoms with E-state index in [2.05, 4.69) is 10.4 Å². The number of halogens is 1. The third-order valence-electron chi connectivity index (χ3n) is 4.98. The molecule has 1 aliphatic heterocycles. The van der Waals surface area contributed by atoms with Gasteiger partial charge in [-0.25, -0.2) is 9.07 Å². The first-order valence-electron chi connectivity index (χ1n) is 9.58. The fourth-order valence-corrected chi connectivity index (χ4v) is 3.58. The van der Waals surface area contributed by atoms with E-state index in [1.807, 2.05) is 30.3 Å². The number of amides is 2. The molecule has 0 bridgehead atoms. The third kappa shape index (κ3) is 4.03. The molecule has 2 heterocycles. The van der Waals surface area contributed by atoms with Gasteiger partial charge in [0.25, 0.3) is 5.91 Å².